The molecule has 3 aromatic carbocycles. The maximum atomic E-state index is 5.39. The summed E-state index contributed by atoms with van der Waals surface area (Å²) in [6.45, 7) is 22.9. The number of hydrogen-bond donors (Lipinski definition) is 1. The molecule has 0 amide bonds. The lowest BCUT2D eigenvalue weighted by Crippen LogP contribution is -2.48. The largest absolute Gasteiger partial charge is 0.242 e. The van der Waals surface area contributed by atoms with Gasteiger partial charge in [0.25, 0.3) is 0 Å². The predicted octanol–water partition coefficient (Wildman–Crippen LogP) is 9.79. The van der Waals surface area contributed by atoms with Gasteiger partial charge in [0.1, 0.15) is 17.1 Å². The van der Waals surface area contributed by atoms with Crippen molar-refractivity contribution in [3.8, 4) is 28.2 Å². The molecular weight excluding hydrogens is 519 g/mol. The first-order valence-electron chi connectivity index (χ1n) is 14.7. The molecule has 0 bridgehead atoms. The Morgan fingerprint density at radius 3 is 1.59 bits per heavy atom. The highest BCUT2D eigenvalue weighted by Gasteiger charge is 2.69. The molecule has 4 aromatic rings. The summed E-state index contributed by atoms with van der Waals surface area (Å²) < 4.78 is 2.13. The van der Waals surface area contributed by atoms with Crippen molar-refractivity contribution in [3.63, 3.8) is 0 Å². The predicted molar refractivity (Wildman–Crippen MR) is 179 cm³/mol. The van der Waals surface area contributed by atoms with E-state index in [0.29, 0.717) is 0 Å². The van der Waals surface area contributed by atoms with Crippen LogP contribution in [0, 0.1) is 0 Å². The second-order valence-corrected chi connectivity index (χ2v) is 19.8. The molecule has 5 heteroatoms. The Bertz CT molecular complexity index is 1480. The zero-order valence-electron chi connectivity index (χ0n) is 26.2. The van der Waals surface area contributed by atoms with Crippen molar-refractivity contribution in [1.82, 2.24) is 15.2 Å². The molecule has 1 N–H and O–H groups in total. The van der Waals surface area contributed by atoms with E-state index in [4.69, 9.17) is 5.10 Å². The third kappa shape index (κ3) is 4.86. The minimum Gasteiger partial charge on any atom is -0.242 e. The quantitative estimate of drug-likeness (QED) is 0.245. The van der Waals surface area contributed by atoms with Gasteiger partial charge in [0, 0.05) is 17.7 Å². The number of rotatable bonds is 5. The number of benzene rings is 3. The molecule has 0 radical (unpaired) electrons. The van der Waals surface area contributed by atoms with Gasteiger partial charge in [-0.3, -0.25) is 0 Å². The average Bonchev–Trinajstić information content (AvgIpc) is 3.53. The summed E-state index contributed by atoms with van der Waals surface area (Å²) in [5.74, 6) is 0. The standard InChI is InChI=1S/C36H46N4P/c1-34(2,3)41(35(4,5)6,36(7,8)9)30-25-26-37-40(30)33-31(27-19-13-10-14-20-27)38-39(29-23-17-12-18-24-29)32(33)28-21-15-11-16-22-28/h10-25,37H,26H2,1-9H3/q+1. The lowest BCUT2D eigenvalue weighted by Gasteiger charge is -2.55. The van der Waals surface area contributed by atoms with E-state index in [-0.39, 0.29) is 15.5 Å². The Labute approximate surface area is 247 Å². The van der Waals surface area contributed by atoms with Crippen molar-refractivity contribution in [2.24, 2.45) is 0 Å². The SMILES string of the molecule is CC(C)(C)[P+](C1=CCNN1c1c(-c2ccccc2)nn(-c2ccccc2)c1-c1ccccc1)(C(C)(C)C)C(C)(C)C. The van der Waals surface area contributed by atoms with E-state index in [9.17, 15) is 0 Å². The van der Waals surface area contributed by atoms with Crippen molar-refractivity contribution >= 4 is 12.9 Å². The van der Waals surface area contributed by atoms with Gasteiger partial charge < -0.3 is 0 Å². The zero-order valence-corrected chi connectivity index (χ0v) is 27.1. The second-order valence-electron chi connectivity index (χ2n) is 14.0. The van der Waals surface area contributed by atoms with Gasteiger partial charge in [0.2, 0.25) is 0 Å². The molecular formula is C36H46N4P+. The number of para-hydroxylation sites is 1. The molecule has 0 fully saturated rings. The Morgan fingerprint density at radius 2 is 1.10 bits per heavy atom. The van der Waals surface area contributed by atoms with Crippen LogP contribution in [0.15, 0.2) is 103 Å². The van der Waals surface area contributed by atoms with Crippen molar-refractivity contribution in [1.29, 1.82) is 0 Å². The first kappa shape index (κ1) is 29.3. The molecule has 0 unspecified atom stereocenters. The first-order valence-corrected chi connectivity index (χ1v) is 16.5. The summed E-state index contributed by atoms with van der Waals surface area (Å²) in [6.07, 6.45) is 2.47. The van der Waals surface area contributed by atoms with E-state index in [1.54, 1.807) is 0 Å². The van der Waals surface area contributed by atoms with Crippen LogP contribution in [0.3, 0.4) is 0 Å². The zero-order chi connectivity index (χ0) is 29.6. The molecule has 2 heterocycles. The molecule has 1 aliphatic rings. The van der Waals surface area contributed by atoms with Gasteiger partial charge in [-0.25, -0.2) is 15.1 Å². The molecule has 41 heavy (non-hydrogen) atoms. The number of nitrogens with zero attached hydrogens (tertiary/aromatic N) is 3. The minimum atomic E-state index is -1.91. The third-order valence-corrected chi connectivity index (χ3v) is 15.4. The van der Waals surface area contributed by atoms with Crippen LogP contribution in [-0.4, -0.2) is 31.8 Å². The van der Waals surface area contributed by atoms with Crippen LogP contribution < -0.4 is 10.4 Å². The summed E-state index contributed by atoms with van der Waals surface area (Å²) >= 11 is 0. The Hall–Kier alpha value is -3.20. The fraction of sp³-hybridized carbons (Fsp3) is 0.361. The molecule has 1 aliphatic heterocycles. The van der Waals surface area contributed by atoms with Crippen molar-refractivity contribution < 1.29 is 0 Å². The highest BCUT2D eigenvalue weighted by Crippen LogP contribution is 2.88. The van der Waals surface area contributed by atoms with Gasteiger partial charge in [0.05, 0.1) is 28.4 Å². The summed E-state index contributed by atoms with van der Waals surface area (Å²) in [6, 6.07) is 31.9. The highest BCUT2D eigenvalue weighted by molar-refractivity contribution is 7.83. The lowest BCUT2D eigenvalue weighted by molar-refractivity contribution is 0.620. The van der Waals surface area contributed by atoms with Gasteiger partial charge in [-0.15, -0.1) is 0 Å². The van der Waals surface area contributed by atoms with Gasteiger partial charge in [-0.1, -0.05) is 78.9 Å². The van der Waals surface area contributed by atoms with Crippen LogP contribution in [0.5, 0.6) is 0 Å². The van der Waals surface area contributed by atoms with Crippen molar-refractivity contribution in [2.45, 2.75) is 77.8 Å². The molecule has 0 atom stereocenters. The molecule has 1 aromatic heterocycles. The number of hydrazine groups is 1. The Morgan fingerprint density at radius 1 is 0.634 bits per heavy atom. The maximum absolute atomic E-state index is 5.39. The third-order valence-electron chi connectivity index (χ3n) is 8.30. The monoisotopic (exact) mass is 565 g/mol. The molecule has 0 saturated carbocycles. The van der Waals surface area contributed by atoms with Crippen LogP contribution in [0.4, 0.5) is 5.69 Å². The summed E-state index contributed by atoms with van der Waals surface area (Å²) in [5.41, 5.74) is 11.7. The van der Waals surface area contributed by atoms with E-state index in [0.717, 1.165) is 40.4 Å². The van der Waals surface area contributed by atoms with E-state index < -0.39 is 7.26 Å². The van der Waals surface area contributed by atoms with Gasteiger partial charge in [-0.2, -0.15) is 5.10 Å². The van der Waals surface area contributed by atoms with E-state index in [1.807, 2.05) is 0 Å². The van der Waals surface area contributed by atoms with Crippen molar-refractivity contribution in [3.05, 3.63) is 103 Å². The Kier molecular flexibility index (Phi) is 7.55. The number of nitrogens with one attached hydrogen (secondary N) is 1. The van der Waals surface area contributed by atoms with Gasteiger partial charge in [0.15, 0.2) is 5.44 Å². The number of anilines is 1. The van der Waals surface area contributed by atoms with Crippen LogP contribution in [0.1, 0.15) is 62.3 Å². The van der Waals surface area contributed by atoms with Crippen LogP contribution in [0.25, 0.3) is 28.2 Å². The normalized spacial score (nSPS) is 14.9. The molecule has 0 spiro atoms. The highest BCUT2D eigenvalue weighted by atomic mass is 31.2. The second kappa shape index (κ2) is 10.6. The van der Waals surface area contributed by atoms with Crippen LogP contribution in [-0.2, 0) is 0 Å². The summed E-state index contributed by atoms with van der Waals surface area (Å²) in [4.78, 5) is 0. The molecule has 0 aliphatic carbocycles. The molecule has 5 rings (SSSR count). The summed E-state index contributed by atoms with van der Waals surface area (Å²) in [7, 11) is -1.91. The summed E-state index contributed by atoms with van der Waals surface area (Å²) in [5, 5.41) is 8.02. The van der Waals surface area contributed by atoms with Crippen molar-refractivity contribution in [2.75, 3.05) is 11.6 Å². The van der Waals surface area contributed by atoms with Gasteiger partial charge >= 0.3 is 0 Å². The van der Waals surface area contributed by atoms with E-state index >= 15 is 0 Å². The minimum absolute atomic E-state index is 0.0643. The Balaban J connectivity index is 1.89. The van der Waals surface area contributed by atoms with E-state index in [1.165, 1.54) is 5.44 Å². The number of aromatic nitrogens is 2. The van der Waals surface area contributed by atoms with Crippen LogP contribution in [0.2, 0.25) is 0 Å². The smallest absolute Gasteiger partial charge is 0.177 e. The maximum Gasteiger partial charge on any atom is 0.177 e. The molecule has 4 nitrogen and oxygen atoms in total. The molecule has 214 valence electrons. The lowest BCUT2D eigenvalue weighted by atomic mass is 10.1. The van der Waals surface area contributed by atoms with Crippen LogP contribution >= 0.6 is 7.26 Å². The fourth-order valence-corrected chi connectivity index (χ4v) is 16.9. The fourth-order valence-electron chi connectivity index (χ4n) is 7.95. The topological polar surface area (TPSA) is 33.1 Å². The van der Waals surface area contributed by atoms with Gasteiger partial charge in [-0.05, 0) is 80.5 Å². The van der Waals surface area contributed by atoms with E-state index in [2.05, 4.69) is 175 Å². The molecule has 0 saturated heterocycles. The average molecular weight is 566 g/mol. The number of hydrogen-bond acceptors (Lipinski definition) is 3. The first-order chi connectivity index (χ1) is 19.3.